The van der Waals surface area contributed by atoms with Gasteiger partial charge in [-0.1, -0.05) is 18.2 Å². The van der Waals surface area contributed by atoms with Gasteiger partial charge >= 0.3 is 0 Å². The van der Waals surface area contributed by atoms with Gasteiger partial charge < -0.3 is 24.8 Å². The van der Waals surface area contributed by atoms with Gasteiger partial charge in [0.25, 0.3) is 5.92 Å². The van der Waals surface area contributed by atoms with Crippen LogP contribution >= 0.6 is 0 Å². The molecule has 2 aliphatic rings. The van der Waals surface area contributed by atoms with Crippen LogP contribution in [0.5, 0.6) is 11.5 Å². The van der Waals surface area contributed by atoms with E-state index in [9.17, 15) is 18.0 Å². The molecule has 8 nitrogen and oxygen atoms in total. The first kappa shape index (κ1) is 25.8. The minimum Gasteiger partial charge on any atom is -0.485 e. The number of alkyl halides is 2. The van der Waals surface area contributed by atoms with Crippen LogP contribution in [0.15, 0.2) is 30.3 Å². The number of rotatable bonds is 6. The fourth-order valence-corrected chi connectivity index (χ4v) is 4.73. The van der Waals surface area contributed by atoms with Crippen LogP contribution < -0.4 is 14.8 Å². The number of anilines is 1. The van der Waals surface area contributed by atoms with Gasteiger partial charge in [-0.2, -0.15) is 8.78 Å². The highest BCUT2D eigenvalue weighted by Crippen LogP contribution is 2.45. The maximum absolute atomic E-state index is 14.9. The first-order valence-electron chi connectivity index (χ1n) is 12.3. The van der Waals surface area contributed by atoms with E-state index in [0.717, 1.165) is 17.2 Å². The Balaban J connectivity index is 1.56. The molecule has 0 bridgehead atoms. The van der Waals surface area contributed by atoms with E-state index >= 15 is 0 Å². The van der Waals surface area contributed by atoms with Gasteiger partial charge in [-0.25, -0.2) is 14.4 Å². The van der Waals surface area contributed by atoms with Crippen LogP contribution in [-0.2, 0) is 17.3 Å². The maximum atomic E-state index is 14.9. The molecular weight excluding hydrogens is 501 g/mol. The average Bonchev–Trinajstić information content (AvgIpc) is 2.92. The van der Waals surface area contributed by atoms with Crippen molar-refractivity contribution in [2.45, 2.75) is 32.7 Å². The van der Waals surface area contributed by atoms with Crippen LogP contribution in [0.4, 0.5) is 19.0 Å². The van der Waals surface area contributed by atoms with Gasteiger partial charge in [0.15, 0.2) is 11.5 Å². The molecule has 0 atom stereocenters. The molecule has 11 heteroatoms. The third-order valence-electron chi connectivity index (χ3n) is 6.71. The molecule has 0 saturated carbocycles. The molecule has 0 fully saturated rings. The second-order valence-electron chi connectivity index (χ2n) is 9.23. The third-order valence-corrected chi connectivity index (χ3v) is 6.71. The number of aromatic nitrogens is 2. The fourth-order valence-electron chi connectivity index (χ4n) is 4.73. The second kappa shape index (κ2) is 10.1. The zero-order valence-corrected chi connectivity index (χ0v) is 21.0. The number of amides is 1. The molecule has 0 saturated heterocycles. The normalized spacial score (nSPS) is 15.4. The number of benzene rings is 2. The number of aliphatic hydroxyl groups is 1. The second-order valence-corrected chi connectivity index (χ2v) is 9.23. The number of fused-ring (bicyclic) bond motifs is 3. The molecular formula is C27H27F3N4O4. The Morgan fingerprint density at radius 3 is 2.66 bits per heavy atom. The van der Waals surface area contributed by atoms with Crippen molar-refractivity contribution in [3.8, 4) is 11.5 Å². The van der Waals surface area contributed by atoms with E-state index in [4.69, 9.17) is 14.6 Å². The van der Waals surface area contributed by atoms with Crippen LogP contribution in [0, 0.1) is 12.7 Å². The number of nitrogens with one attached hydrogen (secondary N) is 1. The molecule has 0 radical (unpaired) electrons. The summed E-state index contributed by atoms with van der Waals surface area (Å²) < 4.78 is 55.0. The molecule has 38 heavy (non-hydrogen) atoms. The smallest absolute Gasteiger partial charge is 0.298 e. The largest absolute Gasteiger partial charge is 0.485 e. The Kier molecular flexibility index (Phi) is 6.87. The van der Waals surface area contributed by atoms with Crippen molar-refractivity contribution in [2.75, 3.05) is 38.2 Å². The van der Waals surface area contributed by atoms with Crippen molar-refractivity contribution in [1.82, 2.24) is 14.9 Å². The van der Waals surface area contributed by atoms with Gasteiger partial charge in [0.1, 0.15) is 42.8 Å². The van der Waals surface area contributed by atoms with E-state index in [-0.39, 0.29) is 18.0 Å². The summed E-state index contributed by atoms with van der Waals surface area (Å²) in [5.74, 6) is -2.93. The lowest BCUT2D eigenvalue weighted by molar-refractivity contribution is -0.128. The molecule has 200 valence electrons. The Morgan fingerprint density at radius 2 is 1.97 bits per heavy atom. The van der Waals surface area contributed by atoms with Gasteiger partial charge in [0.05, 0.1) is 5.56 Å². The van der Waals surface area contributed by atoms with Crippen molar-refractivity contribution >= 4 is 28.2 Å². The molecule has 1 aromatic heterocycles. The highest BCUT2D eigenvalue weighted by molar-refractivity contribution is 5.99. The number of aliphatic hydroxyl groups excluding tert-OH is 1. The van der Waals surface area contributed by atoms with Crippen LogP contribution in [0.25, 0.3) is 16.5 Å². The van der Waals surface area contributed by atoms with E-state index < -0.39 is 23.9 Å². The number of carbonyl (C=O) groups excluding carboxylic acids is 1. The fraction of sp³-hybridized carbons (Fsp3) is 0.370. The third kappa shape index (κ3) is 4.73. The molecule has 2 N–H and O–H groups in total. The quantitative estimate of drug-likeness (QED) is 0.496. The summed E-state index contributed by atoms with van der Waals surface area (Å²) in [5, 5.41) is 12.7. The first-order chi connectivity index (χ1) is 18.2. The topological polar surface area (TPSA) is 96.8 Å². The summed E-state index contributed by atoms with van der Waals surface area (Å²) in [7, 11) is 0. The van der Waals surface area contributed by atoms with Crippen molar-refractivity contribution < 1.29 is 32.5 Å². The predicted octanol–water partition coefficient (Wildman–Crippen LogP) is 4.18. The average molecular weight is 529 g/mol. The van der Waals surface area contributed by atoms with E-state index in [1.807, 2.05) is 12.1 Å². The SMILES string of the molecule is CC(=O)N1CC=C(c2cc3c(NCc4cccc(C(F)(F)CO)c4F)nc(C)nc3c3c2OCCO3)CC1. The highest BCUT2D eigenvalue weighted by Gasteiger charge is 2.34. The zero-order valence-electron chi connectivity index (χ0n) is 21.0. The maximum Gasteiger partial charge on any atom is 0.298 e. The molecule has 5 rings (SSSR count). The van der Waals surface area contributed by atoms with Crippen molar-refractivity contribution in [2.24, 2.45) is 0 Å². The summed E-state index contributed by atoms with van der Waals surface area (Å²) >= 11 is 0. The summed E-state index contributed by atoms with van der Waals surface area (Å²) in [6.07, 6.45) is 2.60. The number of aryl methyl sites for hydroxylation is 1. The minimum absolute atomic E-state index is 0.00267. The Labute approximate surface area is 217 Å². The van der Waals surface area contributed by atoms with Crippen LogP contribution in [-0.4, -0.2) is 58.8 Å². The van der Waals surface area contributed by atoms with E-state index in [1.54, 1.807) is 11.8 Å². The van der Waals surface area contributed by atoms with Gasteiger partial charge in [-0.15, -0.1) is 0 Å². The lowest BCUT2D eigenvalue weighted by Crippen LogP contribution is -2.32. The molecule has 0 unspecified atom stereocenters. The Hall–Kier alpha value is -3.86. The van der Waals surface area contributed by atoms with Gasteiger partial charge in [-0.3, -0.25) is 4.79 Å². The molecule has 1 amide bonds. The number of nitrogens with zero attached hydrogens (tertiary/aromatic N) is 3. The van der Waals surface area contributed by atoms with Crippen molar-refractivity contribution in [3.05, 3.63) is 58.7 Å². The lowest BCUT2D eigenvalue weighted by Gasteiger charge is -2.28. The number of hydrogen-bond acceptors (Lipinski definition) is 7. The predicted molar refractivity (Wildman–Crippen MR) is 135 cm³/mol. The summed E-state index contributed by atoms with van der Waals surface area (Å²) in [6.45, 7) is 3.37. The lowest BCUT2D eigenvalue weighted by atomic mass is 9.96. The molecule has 2 aromatic carbocycles. The number of halogens is 3. The molecule has 2 aliphatic heterocycles. The van der Waals surface area contributed by atoms with Gasteiger partial charge in [0, 0.05) is 43.1 Å². The van der Waals surface area contributed by atoms with Crippen LogP contribution in [0.3, 0.4) is 0 Å². The molecule has 3 heterocycles. The Morgan fingerprint density at radius 1 is 1.21 bits per heavy atom. The van der Waals surface area contributed by atoms with E-state index in [0.29, 0.717) is 66.8 Å². The summed E-state index contributed by atoms with van der Waals surface area (Å²) in [6, 6.07) is 5.56. The molecule has 3 aromatic rings. The monoisotopic (exact) mass is 528 g/mol. The highest BCUT2D eigenvalue weighted by atomic mass is 19.3. The zero-order chi connectivity index (χ0) is 27.0. The van der Waals surface area contributed by atoms with E-state index in [1.165, 1.54) is 19.1 Å². The molecule has 0 spiro atoms. The van der Waals surface area contributed by atoms with Crippen molar-refractivity contribution in [3.63, 3.8) is 0 Å². The number of carbonyl (C=O) groups is 1. The minimum atomic E-state index is -3.70. The van der Waals surface area contributed by atoms with Crippen molar-refractivity contribution in [1.29, 1.82) is 0 Å². The number of ether oxygens (including phenoxy) is 2. The van der Waals surface area contributed by atoms with Crippen LogP contribution in [0.2, 0.25) is 0 Å². The molecule has 0 aliphatic carbocycles. The Bertz CT molecular complexity index is 1440. The standard InChI is InChI=1S/C27H27F3N4O4/c1-15-32-23-20(26(33-15)31-13-18-4-3-5-21(22(18)28)27(29,30)14-35)12-19(24-25(23)38-11-10-37-24)17-6-8-34(9-7-17)16(2)36/h3-6,12,35H,7-11,13-14H2,1-2H3,(H,31,32,33). The first-order valence-corrected chi connectivity index (χ1v) is 12.3. The summed E-state index contributed by atoms with van der Waals surface area (Å²) in [4.78, 5) is 22.6. The summed E-state index contributed by atoms with van der Waals surface area (Å²) in [5.41, 5.74) is 1.43. The van der Waals surface area contributed by atoms with Crippen LogP contribution in [0.1, 0.15) is 35.9 Å². The van der Waals surface area contributed by atoms with Gasteiger partial charge in [0.2, 0.25) is 5.91 Å². The van der Waals surface area contributed by atoms with Gasteiger partial charge in [-0.05, 0) is 31.1 Å². The van der Waals surface area contributed by atoms with E-state index in [2.05, 4.69) is 15.3 Å². The number of hydrogen-bond donors (Lipinski definition) is 2.